The summed E-state index contributed by atoms with van der Waals surface area (Å²) in [6, 6.07) is 10.2. The summed E-state index contributed by atoms with van der Waals surface area (Å²) in [5.74, 6) is 1.73. The van der Waals surface area contributed by atoms with Crippen LogP contribution in [0.15, 0.2) is 47.3 Å². The summed E-state index contributed by atoms with van der Waals surface area (Å²) in [5.41, 5.74) is 1.58. The Morgan fingerprint density at radius 2 is 1.84 bits per heavy atom. The van der Waals surface area contributed by atoms with Gasteiger partial charge in [-0.3, -0.25) is 9.69 Å². The van der Waals surface area contributed by atoms with E-state index >= 15 is 0 Å². The molecule has 1 aromatic heterocycles. The molecule has 0 spiro atoms. The number of aromatic nitrogens is 2. The van der Waals surface area contributed by atoms with Gasteiger partial charge in [-0.05, 0) is 30.3 Å². The van der Waals surface area contributed by atoms with Crippen LogP contribution in [-0.4, -0.2) is 35.6 Å². The highest BCUT2D eigenvalue weighted by molar-refractivity contribution is 5.56. The van der Waals surface area contributed by atoms with Crippen molar-refractivity contribution in [2.45, 2.75) is 25.7 Å². The van der Waals surface area contributed by atoms with E-state index in [0.29, 0.717) is 42.9 Å². The lowest BCUT2D eigenvalue weighted by molar-refractivity contribution is -0.137. The Bertz CT molecular complexity index is 1170. The Hall–Kier alpha value is -3.33. The SMILES string of the molecule is COc1ccc(OC)c(CN2CCc3nc(-c4ccc(C(F)(F)F)cc4)[nH]c(=O)c3C2)c1. The van der Waals surface area contributed by atoms with E-state index in [0.717, 1.165) is 29.2 Å². The number of rotatable bonds is 5. The molecule has 6 nitrogen and oxygen atoms in total. The summed E-state index contributed by atoms with van der Waals surface area (Å²) in [7, 11) is 3.20. The van der Waals surface area contributed by atoms with Gasteiger partial charge in [0.15, 0.2) is 0 Å². The molecule has 2 aromatic carbocycles. The smallest absolute Gasteiger partial charge is 0.416 e. The fraction of sp³-hybridized carbons (Fsp3) is 0.304. The highest BCUT2D eigenvalue weighted by Gasteiger charge is 2.30. The van der Waals surface area contributed by atoms with Gasteiger partial charge in [0, 0.05) is 37.2 Å². The third-order valence-corrected chi connectivity index (χ3v) is 5.51. The Balaban J connectivity index is 1.56. The maximum atomic E-state index is 12.8. The van der Waals surface area contributed by atoms with E-state index in [2.05, 4.69) is 14.9 Å². The van der Waals surface area contributed by atoms with E-state index in [9.17, 15) is 18.0 Å². The minimum Gasteiger partial charge on any atom is -0.497 e. The van der Waals surface area contributed by atoms with Crippen LogP contribution < -0.4 is 15.0 Å². The third kappa shape index (κ3) is 4.47. The van der Waals surface area contributed by atoms with E-state index in [-0.39, 0.29) is 11.4 Å². The van der Waals surface area contributed by atoms with Gasteiger partial charge in [0.05, 0.1) is 31.0 Å². The molecule has 4 rings (SSSR count). The average molecular weight is 445 g/mol. The number of benzene rings is 2. The standard InChI is InChI=1S/C23H22F3N3O3/c1-31-17-7-8-20(32-2)15(11-17)12-29-10-9-19-18(13-29)22(30)28-21(27-19)14-3-5-16(6-4-14)23(24,25)26/h3-8,11H,9-10,12-13H2,1-2H3,(H,27,28,30). The van der Waals surface area contributed by atoms with E-state index in [1.54, 1.807) is 14.2 Å². The van der Waals surface area contributed by atoms with Gasteiger partial charge in [-0.1, -0.05) is 12.1 Å². The number of nitrogens with zero attached hydrogens (tertiary/aromatic N) is 2. The molecular formula is C23H22F3N3O3. The van der Waals surface area contributed by atoms with Gasteiger partial charge in [-0.15, -0.1) is 0 Å². The molecule has 0 radical (unpaired) electrons. The van der Waals surface area contributed by atoms with Gasteiger partial charge in [-0.25, -0.2) is 4.98 Å². The van der Waals surface area contributed by atoms with Crippen LogP contribution in [0.3, 0.4) is 0 Å². The second kappa shape index (κ2) is 8.66. The van der Waals surface area contributed by atoms with Crippen LogP contribution in [0.4, 0.5) is 13.2 Å². The first kappa shape index (κ1) is 21.9. The average Bonchev–Trinajstić information content (AvgIpc) is 2.78. The number of hydrogen-bond donors (Lipinski definition) is 1. The van der Waals surface area contributed by atoms with Crippen molar-refractivity contribution in [3.8, 4) is 22.9 Å². The van der Waals surface area contributed by atoms with Crippen LogP contribution in [0.5, 0.6) is 11.5 Å². The normalized spacial score (nSPS) is 14.2. The number of alkyl halides is 3. The molecule has 0 atom stereocenters. The minimum absolute atomic E-state index is 0.269. The molecule has 0 saturated heterocycles. The molecule has 0 unspecified atom stereocenters. The number of nitrogens with one attached hydrogen (secondary N) is 1. The van der Waals surface area contributed by atoms with Crippen LogP contribution in [0, 0.1) is 0 Å². The van der Waals surface area contributed by atoms with E-state index in [1.807, 2.05) is 18.2 Å². The zero-order valence-electron chi connectivity index (χ0n) is 17.6. The molecule has 0 bridgehead atoms. The quantitative estimate of drug-likeness (QED) is 0.642. The lowest BCUT2D eigenvalue weighted by Crippen LogP contribution is -2.35. The second-order valence-electron chi connectivity index (χ2n) is 7.55. The zero-order chi connectivity index (χ0) is 22.9. The fourth-order valence-electron chi connectivity index (χ4n) is 3.82. The summed E-state index contributed by atoms with van der Waals surface area (Å²) >= 11 is 0. The fourth-order valence-corrected chi connectivity index (χ4v) is 3.82. The number of hydrogen-bond acceptors (Lipinski definition) is 5. The van der Waals surface area contributed by atoms with Gasteiger partial charge >= 0.3 is 6.18 Å². The molecule has 1 aliphatic rings. The van der Waals surface area contributed by atoms with Crippen LogP contribution in [0.25, 0.3) is 11.4 Å². The van der Waals surface area contributed by atoms with Gasteiger partial charge < -0.3 is 14.5 Å². The van der Waals surface area contributed by atoms with E-state index < -0.39 is 11.7 Å². The molecular weight excluding hydrogens is 423 g/mol. The topological polar surface area (TPSA) is 67.5 Å². The van der Waals surface area contributed by atoms with E-state index in [1.165, 1.54) is 12.1 Å². The van der Waals surface area contributed by atoms with Crippen molar-refractivity contribution in [2.24, 2.45) is 0 Å². The maximum Gasteiger partial charge on any atom is 0.416 e. The number of halogens is 3. The van der Waals surface area contributed by atoms with Gasteiger partial charge in [-0.2, -0.15) is 13.2 Å². The number of ether oxygens (including phenoxy) is 2. The van der Waals surface area contributed by atoms with Gasteiger partial charge in [0.1, 0.15) is 17.3 Å². The van der Waals surface area contributed by atoms with Crippen molar-refractivity contribution in [1.29, 1.82) is 0 Å². The largest absolute Gasteiger partial charge is 0.497 e. The highest BCUT2D eigenvalue weighted by atomic mass is 19.4. The Kier molecular flexibility index (Phi) is 5.92. The Morgan fingerprint density at radius 1 is 1.09 bits per heavy atom. The van der Waals surface area contributed by atoms with Crippen LogP contribution in [0.2, 0.25) is 0 Å². The number of H-pyrrole nitrogens is 1. The first-order valence-electron chi connectivity index (χ1n) is 10.0. The molecule has 32 heavy (non-hydrogen) atoms. The van der Waals surface area contributed by atoms with Crippen molar-refractivity contribution in [3.63, 3.8) is 0 Å². The van der Waals surface area contributed by atoms with Crippen molar-refractivity contribution in [3.05, 3.63) is 75.2 Å². The van der Waals surface area contributed by atoms with Crippen LogP contribution in [0.1, 0.15) is 22.4 Å². The summed E-state index contributed by atoms with van der Waals surface area (Å²) in [5, 5.41) is 0. The van der Waals surface area contributed by atoms with Crippen molar-refractivity contribution < 1.29 is 22.6 Å². The molecule has 0 fully saturated rings. The van der Waals surface area contributed by atoms with Crippen molar-refractivity contribution in [2.75, 3.05) is 20.8 Å². The molecule has 0 saturated carbocycles. The third-order valence-electron chi connectivity index (χ3n) is 5.51. The maximum absolute atomic E-state index is 12.8. The summed E-state index contributed by atoms with van der Waals surface area (Å²) < 4.78 is 49.1. The van der Waals surface area contributed by atoms with Crippen LogP contribution in [-0.2, 0) is 25.7 Å². The van der Waals surface area contributed by atoms with Crippen molar-refractivity contribution >= 4 is 0 Å². The Labute approximate surface area is 182 Å². The predicted molar refractivity (Wildman–Crippen MR) is 113 cm³/mol. The summed E-state index contributed by atoms with van der Waals surface area (Å²) in [6.07, 6.45) is -3.86. The summed E-state index contributed by atoms with van der Waals surface area (Å²) in [6.45, 7) is 1.65. The molecule has 168 valence electrons. The molecule has 3 aromatic rings. The number of aromatic amines is 1. The molecule has 9 heteroatoms. The predicted octanol–water partition coefficient (Wildman–Crippen LogP) is 4.03. The highest BCUT2D eigenvalue weighted by Crippen LogP contribution is 2.31. The summed E-state index contributed by atoms with van der Waals surface area (Å²) in [4.78, 5) is 22.1. The lowest BCUT2D eigenvalue weighted by Gasteiger charge is -2.28. The lowest BCUT2D eigenvalue weighted by atomic mass is 10.0. The number of fused-ring (bicyclic) bond motifs is 1. The van der Waals surface area contributed by atoms with Crippen molar-refractivity contribution in [1.82, 2.24) is 14.9 Å². The van der Waals surface area contributed by atoms with Gasteiger partial charge in [0.2, 0.25) is 0 Å². The monoisotopic (exact) mass is 445 g/mol. The molecule has 1 aliphatic heterocycles. The first-order chi connectivity index (χ1) is 15.3. The Morgan fingerprint density at radius 3 is 2.50 bits per heavy atom. The number of methoxy groups -OCH3 is 2. The molecule has 0 aliphatic carbocycles. The van der Waals surface area contributed by atoms with Gasteiger partial charge in [0.25, 0.3) is 5.56 Å². The molecule has 1 N–H and O–H groups in total. The first-order valence-corrected chi connectivity index (χ1v) is 10.0. The molecule has 2 heterocycles. The second-order valence-corrected chi connectivity index (χ2v) is 7.55. The van der Waals surface area contributed by atoms with Crippen LogP contribution >= 0.6 is 0 Å². The van der Waals surface area contributed by atoms with E-state index in [4.69, 9.17) is 9.47 Å². The zero-order valence-corrected chi connectivity index (χ0v) is 17.6. The molecule has 0 amide bonds. The minimum atomic E-state index is -4.41.